The van der Waals surface area contributed by atoms with Gasteiger partial charge in [0.25, 0.3) is 5.56 Å². The van der Waals surface area contributed by atoms with Crippen LogP contribution in [0, 0.1) is 0 Å². The summed E-state index contributed by atoms with van der Waals surface area (Å²) in [7, 11) is 0. The fourth-order valence-corrected chi connectivity index (χ4v) is 3.67. The lowest BCUT2D eigenvalue weighted by molar-refractivity contribution is -0.130. The molecule has 0 saturated carbocycles. The zero-order valence-electron chi connectivity index (χ0n) is 16.3. The third kappa shape index (κ3) is 4.32. The second-order valence-electron chi connectivity index (χ2n) is 7.05. The van der Waals surface area contributed by atoms with Crippen LogP contribution in [-0.2, 0) is 11.3 Å². The van der Waals surface area contributed by atoms with Crippen LogP contribution in [0.3, 0.4) is 0 Å². The van der Waals surface area contributed by atoms with Gasteiger partial charge in [0.1, 0.15) is 0 Å². The Kier molecular flexibility index (Phi) is 6.63. The first-order valence-corrected chi connectivity index (χ1v) is 9.89. The van der Waals surface area contributed by atoms with Crippen molar-refractivity contribution in [3.8, 4) is 0 Å². The van der Waals surface area contributed by atoms with Gasteiger partial charge in [-0.05, 0) is 31.4 Å². The SMILES string of the molecule is C=CCN(CC=C)C(=O)CCn1c(=O)c(N2CCCCC2)nc2ccccc21. The Morgan fingerprint density at radius 2 is 1.79 bits per heavy atom. The van der Waals surface area contributed by atoms with E-state index in [0.29, 0.717) is 25.5 Å². The second kappa shape index (κ2) is 9.35. The molecule has 6 nitrogen and oxygen atoms in total. The van der Waals surface area contributed by atoms with Crippen molar-refractivity contribution in [3.63, 3.8) is 0 Å². The number of fused-ring (bicyclic) bond motifs is 1. The number of benzene rings is 1. The van der Waals surface area contributed by atoms with Gasteiger partial charge in [-0.25, -0.2) is 4.98 Å². The molecular weight excluding hydrogens is 352 g/mol. The fraction of sp³-hybridized carbons (Fsp3) is 0.409. The van der Waals surface area contributed by atoms with Gasteiger partial charge < -0.3 is 14.4 Å². The Hall–Kier alpha value is -2.89. The van der Waals surface area contributed by atoms with Crippen molar-refractivity contribution in [1.29, 1.82) is 0 Å². The number of hydrogen-bond donors (Lipinski definition) is 0. The monoisotopic (exact) mass is 380 g/mol. The average molecular weight is 380 g/mol. The Bertz CT molecular complexity index is 902. The largest absolute Gasteiger partial charge is 0.352 e. The number of anilines is 1. The summed E-state index contributed by atoms with van der Waals surface area (Å²) in [6.45, 7) is 10.4. The quantitative estimate of drug-likeness (QED) is 0.661. The number of carbonyl (C=O) groups is 1. The summed E-state index contributed by atoms with van der Waals surface area (Å²) >= 11 is 0. The van der Waals surface area contributed by atoms with E-state index in [9.17, 15) is 9.59 Å². The number of aryl methyl sites for hydroxylation is 1. The minimum absolute atomic E-state index is 0.0212. The lowest BCUT2D eigenvalue weighted by atomic mass is 10.1. The van der Waals surface area contributed by atoms with Crippen molar-refractivity contribution in [2.75, 3.05) is 31.1 Å². The van der Waals surface area contributed by atoms with Crippen LogP contribution in [0.15, 0.2) is 54.4 Å². The number of carbonyl (C=O) groups excluding carboxylic acids is 1. The van der Waals surface area contributed by atoms with Crippen LogP contribution in [0.25, 0.3) is 11.0 Å². The second-order valence-corrected chi connectivity index (χ2v) is 7.05. The molecule has 1 aliphatic heterocycles. The third-order valence-electron chi connectivity index (χ3n) is 5.09. The topological polar surface area (TPSA) is 58.4 Å². The zero-order chi connectivity index (χ0) is 19.9. The first kappa shape index (κ1) is 19.9. The van der Waals surface area contributed by atoms with Crippen molar-refractivity contribution in [1.82, 2.24) is 14.5 Å². The first-order valence-electron chi connectivity index (χ1n) is 9.89. The highest BCUT2D eigenvalue weighted by molar-refractivity contribution is 5.78. The summed E-state index contributed by atoms with van der Waals surface area (Å²) in [5.41, 5.74) is 1.43. The molecule has 1 saturated heterocycles. The van der Waals surface area contributed by atoms with Crippen LogP contribution >= 0.6 is 0 Å². The molecule has 28 heavy (non-hydrogen) atoms. The Labute approximate surface area is 165 Å². The molecule has 2 heterocycles. The van der Waals surface area contributed by atoms with Crippen molar-refractivity contribution >= 4 is 22.8 Å². The highest BCUT2D eigenvalue weighted by Gasteiger charge is 2.20. The van der Waals surface area contributed by atoms with Crippen molar-refractivity contribution in [3.05, 3.63) is 59.9 Å². The maximum atomic E-state index is 13.2. The molecule has 0 N–H and O–H groups in total. The van der Waals surface area contributed by atoms with Gasteiger partial charge in [0, 0.05) is 39.1 Å². The van der Waals surface area contributed by atoms with E-state index in [4.69, 9.17) is 0 Å². The number of piperidine rings is 1. The van der Waals surface area contributed by atoms with Crippen LogP contribution < -0.4 is 10.5 Å². The molecule has 1 aromatic heterocycles. The number of amides is 1. The molecule has 1 fully saturated rings. The van der Waals surface area contributed by atoms with E-state index in [2.05, 4.69) is 23.0 Å². The Balaban J connectivity index is 1.91. The van der Waals surface area contributed by atoms with E-state index in [1.165, 1.54) is 6.42 Å². The molecule has 0 aliphatic carbocycles. The van der Waals surface area contributed by atoms with E-state index in [1.807, 2.05) is 24.3 Å². The van der Waals surface area contributed by atoms with E-state index in [0.717, 1.165) is 37.0 Å². The zero-order valence-corrected chi connectivity index (χ0v) is 16.3. The van der Waals surface area contributed by atoms with Crippen LogP contribution in [0.2, 0.25) is 0 Å². The van der Waals surface area contributed by atoms with Gasteiger partial charge in [-0.1, -0.05) is 24.3 Å². The van der Waals surface area contributed by atoms with Gasteiger partial charge in [-0.2, -0.15) is 0 Å². The molecule has 6 heteroatoms. The molecule has 0 bridgehead atoms. The van der Waals surface area contributed by atoms with E-state index in [1.54, 1.807) is 21.6 Å². The summed E-state index contributed by atoms with van der Waals surface area (Å²) in [5.74, 6) is 0.479. The number of rotatable bonds is 8. The number of para-hydroxylation sites is 2. The number of hydrogen-bond acceptors (Lipinski definition) is 4. The van der Waals surface area contributed by atoms with Gasteiger partial charge in [-0.15, -0.1) is 13.2 Å². The number of aromatic nitrogens is 2. The smallest absolute Gasteiger partial charge is 0.294 e. The van der Waals surface area contributed by atoms with Gasteiger partial charge in [0.15, 0.2) is 5.82 Å². The van der Waals surface area contributed by atoms with E-state index < -0.39 is 0 Å². The summed E-state index contributed by atoms with van der Waals surface area (Å²) in [6, 6.07) is 7.62. The van der Waals surface area contributed by atoms with Gasteiger partial charge in [-0.3, -0.25) is 9.59 Å². The Morgan fingerprint density at radius 3 is 2.46 bits per heavy atom. The predicted octanol–water partition coefficient (Wildman–Crippen LogP) is 2.98. The van der Waals surface area contributed by atoms with Crippen LogP contribution in [-0.4, -0.2) is 46.5 Å². The van der Waals surface area contributed by atoms with Crippen LogP contribution in [0.1, 0.15) is 25.7 Å². The molecule has 0 spiro atoms. The van der Waals surface area contributed by atoms with E-state index >= 15 is 0 Å². The Morgan fingerprint density at radius 1 is 1.11 bits per heavy atom. The lowest BCUT2D eigenvalue weighted by Crippen LogP contribution is -2.38. The summed E-state index contributed by atoms with van der Waals surface area (Å²) in [4.78, 5) is 34.2. The normalized spacial score (nSPS) is 14.1. The predicted molar refractivity (Wildman–Crippen MR) is 114 cm³/mol. The molecule has 0 atom stereocenters. The van der Waals surface area contributed by atoms with Crippen LogP contribution in [0.4, 0.5) is 5.82 Å². The molecule has 1 aliphatic rings. The molecule has 0 radical (unpaired) electrons. The minimum atomic E-state index is -0.118. The molecule has 2 aromatic rings. The first-order chi connectivity index (χ1) is 13.7. The van der Waals surface area contributed by atoms with Crippen molar-refractivity contribution < 1.29 is 4.79 Å². The maximum Gasteiger partial charge on any atom is 0.294 e. The van der Waals surface area contributed by atoms with Gasteiger partial charge in [0.05, 0.1) is 11.0 Å². The van der Waals surface area contributed by atoms with Crippen molar-refractivity contribution in [2.45, 2.75) is 32.2 Å². The molecule has 1 amide bonds. The summed E-state index contributed by atoms with van der Waals surface area (Å²) < 4.78 is 1.70. The summed E-state index contributed by atoms with van der Waals surface area (Å²) in [5, 5.41) is 0. The van der Waals surface area contributed by atoms with Gasteiger partial charge >= 0.3 is 0 Å². The van der Waals surface area contributed by atoms with Gasteiger partial charge in [0.2, 0.25) is 5.91 Å². The lowest BCUT2D eigenvalue weighted by Gasteiger charge is -2.28. The molecular formula is C22H28N4O2. The molecule has 3 rings (SSSR count). The summed E-state index contributed by atoms with van der Waals surface area (Å²) in [6.07, 6.45) is 6.98. The standard InChI is InChI=1S/C22H28N4O2/c1-3-13-24(14-4-2)20(27)12-17-26-19-11-7-6-10-18(19)23-21(22(26)28)25-15-8-5-9-16-25/h3-4,6-7,10-11H,1-2,5,8-9,12-17H2. The number of nitrogens with zero attached hydrogens (tertiary/aromatic N) is 4. The molecule has 0 unspecified atom stereocenters. The van der Waals surface area contributed by atoms with Crippen LogP contribution in [0.5, 0.6) is 0 Å². The minimum Gasteiger partial charge on any atom is -0.352 e. The third-order valence-corrected chi connectivity index (χ3v) is 5.09. The molecule has 148 valence electrons. The average Bonchev–Trinajstić information content (AvgIpc) is 2.73. The van der Waals surface area contributed by atoms with E-state index in [-0.39, 0.29) is 17.9 Å². The molecule has 1 aromatic carbocycles. The maximum absolute atomic E-state index is 13.2. The van der Waals surface area contributed by atoms with Crippen molar-refractivity contribution in [2.24, 2.45) is 0 Å². The fourth-order valence-electron chi connectivity index (χ4n) is 3.67. The highest BCUT2D eigenvalue weighted by Crippen LogP contribution is 2.18. The highest BCUT2D eigenvalue weighted by atomic mass is 16.2.